The summed E-state index contributed by atoms with van der Waals surface area (Å²) in [5.41, 5.74) is 4.73. The molecular formula is C30H30N2O3. The lowest BCUT2D eigenvalue weighted by Crippen LogP contribution is -2.26. The fraction of sp³-hybridized carbons (Fsp3) is 0.267. The van der Waals surface area contributed by atoms with E-state index in [1.54, 1.807) is 10.6 Å². The molecule has 1 aliphatic carbocycles. The van der Waals surface area contributed by atoms with Crippen LogP contribution in [-0.4, -0.2) is 20.2 Å². The van der Waals surface area contributed by atoms with E-state index in [-0.39, 0.29) is 11.3 Å². The predicted octanol–water partition coefficient (Wildman–Crippen LogP) is 6.16. The minimum atomic E-state index is -0.966. The molecule has 1 aromatic heterocycles. The summed E-state index contributed by atoms with van der Waals surface area (Å²) >= 11 is 0. The van der Waals surface area contributed by atoms with Gasteiger partial charge in [-0.15, -0.1) is 0 Å². The van der Waals surface area contributed by atoms with E-state index in [1.165, 1.54) is 19.3 Å². The lowest BCUT2D eigenvalue weighted by atomic mass is 9.87. The average Bonchev–Trinajstić information content (AvgIpc) is 3.20. The molecule has 0 atom stereocenters. The number of imidazole rings is 1. The third-order valence-electron chi connectivity index (χ3n) is 7.04. The molecule has 178 valence electrons. The molecule has 5 rings (SSSR count). The van der Waals surface area contributed by atoms with E-state index in [4.69, 9.17) is 0 Å². The van der Waals surface area contributed by atoms with Gasteiger partial charge in [0.2, 0.25) is 0 Å². The summed E-state index contributed by atoms with van der Waals surface area (Å²) in [5, 5.41) is 9.93. The van der Waals surface area contributed by atoms with Crippen LogP contribution in [0.1, 0.15) is 65.2 Å². The largest absolute Gasteiger partial charge is 0.478 e. The van der Waals surface area contributed by atoms with Crippen LogP contribution in [0.25, 0.3) is 11.1 Å². The van der Waals surface area contributed by atoms with Crippen molar-refractivity contribution in [3.63, 3.8) is 0 Å². The number of carbonyl (C=O) groups is 1. The Balaban J connectivity index is 1.53. The van der Waals surface area contributed by atoms with Gasteiger partial charge in [0.25, 0.3) is 0 Å². The highest BCUT2D eigenvalue weighted by Gasteiger charge is 2.23. The lowest BCUT2D eigenvalue weighted by Gasteiger charge is -2.22. The van der Waals surface area contributed by atoms with Gasteiger partial charge in [0.15, 0.2) is 0 Å². The highest BCUT2D eigenvalue weighted by molar-refractivity contribution is 5.96. The summed E-state index contributed by atoms with van der Waals surface area (Å²) in [4.78, 5) is 25.7. The normalized spacial score (nSPS) is 14.2. The van der Waals surface area contributed by atoms with E-state index in [0.717, 1.165) is 35.2 Å². The van der Waals surface area contributed by atoms with Crippen molar-refractivity contribution in [1.82, 2.24) is 9.13 Å². The van der Waals surface area contributed by atoms with Crippen LogP contribution in [-0.2, 0) is 13.1 Å². The van der Waals surface area contributed by atoms with Gasteiger partial charge in [-0.25, -0.2) is 9.59 Å². The summed E-state index contributed by atoms with van der Waals surface area (Å²) in [6.07, 6.45) is 7.80. The molecule has 0 amide bonds. The summed E-state index contributed by atoms with van der Waals surface area (Å²) < 4.78 is 3.66. The molecule has 1 N–H and O–H groups in total. The Labute approximate surface area is 205 Å². The van der Waals surface area contributed by atoms with E-state index in [2.05, 4.69) is 0 Å². The molecule has 0 spiro atoms. The number of aromatic nitrogens is 2. The first-order valence-corrected chi connectivity index (χ1v) is 12.4. The molecule has 3 aromatic carbocycles. The second kappa shape index (κ2) is 10.2. The van der Waals surface area contributed by atoms with Gasteiger partial charge >= 0.3 is 11.7 Å². The number of nitrogens with zero attached hydrogens (tertiary/aromatic N) is 2. The Kier molecular flexibility index (Phi) is 6.66. The van der Waals surface area contributed by atoms with Crippen LogP contribution in [0.4, 0.5) is 0 Å². The molecule has 0 bridgehead atoms. The van der Waals surface area contributed by atoms with Crippen LogP contribution in [0, 0.1) is 0 Å². The van der Waals surface area contributed by atoms with Crippen molar-refractivity contribution in [2.75, 3.05) is 0 Å². The van der Waals surface area contributed by atoms with Crippen molar-refractivity contribution in [3.05, 3.63) is 118 Å². The van der Waals surface area contributed by atoms with E-state index in [9.17, 15) is 14.7 Å². The van der Waals surface area contributed by atoms with Gasteiger partial charge in [-0.3, -0.25) is 9.13 Å². The molecule has 0 aliphatic heterocycles. The maximum Gasteiger partial charge on any atom is 0.336 e. The zero-order valence-corrected chi connectivity index (χ0v) is 19.8. The van der Waals surface area contributed by atoms with E-state index >= 15 is 0 Å². The third-order valence-corrected chi connectivity index (χ3v) is 7.04. The van der Waals surface area contributed by atoms with E-state index in [0.29, 0.717) is 24.6 Å². The first-order valence-electron chi connectivity index (χ1n) is 12.4. The third kappa shape index (κ3) is 4.99. The number of rotatable bonds is 7. The monoisotopic (exact) mass is 466 g/mol. The van der Waals surface area contributed by atoms with Crippen molar-refractivity contribution >= 4 is 5.97 Å². The van der Waals surface area contributed by atoms with Crippen LogP contribution < -0.4 is 5.69 Å². The zero-order chi connectivity index (χ0) is 24.2. The fourth-order valence-electron chi connectivity index (χ4n) is 5.25. The van der Waals surface area contributed by atoms with Crippen molar-refractivity contribution < 1.29 is 9.90 Å². The van der Waals surface area contributed by atoms with Crippen molar-refractivity contribution in [3.8, 4) is 11.1 Å². The molecule has 5 heteroatoms. The number of aromatic carboxylic acids is 1. The topological polar surface area (TPSA) is 64.2 Å². The summed E-state index contributed by atoms with van der Waals surface area (Å²) in [7, 11) is 0. The van der Waals surface area contributed by atoms with Gasteiger partial charge in [0.1, 0.15) is 0 Å². The van der Waals surface area contributed by atoms with Crippen molar-refractivity contribution in [1.29, 1.82) is 0 Å². The number of hydrogen-bond donors (Lipinski definition) is 1. The first kappa shape index (κ1) is 22.9. The van der Waals surface area contributed by atoms with E-state index < -0.39 is 5.97 Å². The van der Waals surface area contributed by atoms with Crippen LogP contribution in [0.5, 0.6) is 0 Å². The molecular weight excluding hydrogens is 436 g/mol. The molecule has 1 aliphatic rings. The van der Waals surface area contributed by atoms with Gasteiger partial charge in [-0.2, -0.15) is 0 Å². The standard InChI is InChI=1S/C30H30N2O3/c33-29(34)27-18-23(16-17-26(27)24-12-6-2-7-13-24)20-32-28(25-14-8-3-9-15-25)21-31(30(32)35)19-22-10-4-1-5-11-22/h1-2,4-7,10-13,16-18,21,25H,3,8-9,14-15,19-20H2,(H,33,34). The quantitative estimate of drug-likeness (QED) is 0.355. The molecule has 35 heavy (non-hydrogen) atoms. The summed E-state index contributed by atoms with van der Waals surface area (Å²) in [6, 6.07) is 25.1. The SMILES string of the molecule is O=C(O)c1cc(Cn2c(C3CCCCC3)cn(Cc3ccccc3)c2=O)ccc1-c1ccccc1. The predicted molar refractivity (Wildman–Crippen MR) is 138 cm³/mol. The highest BCUT2D eigenvalue weighted by atomic mass is 16.4. The molecule has 1 saturated carbocycles. The molecule has 4 aromatic rings. The second-order valence-electron chi connectivity index (χ2n) is 9.42. The van der Waals surface area contributed by atoms with Gasteiger partial charge in [0, 0.05) is 17.8 Å². The molecule has 0 radical (unpaired) electrons. The Bertz CT molecular complexity index is 1360. The van der Waals surface area contributed by atoms with Crippen molar-refractivity contribution in [2.24, 2.45) is 0 Å². The molecule has 1 fully saturated rings. The highest BCUT2D eigenvalue weighted by Crippen LogP contribution is 2.33. The van der Waals surface area contributed by atoms with Gasteiger partial charge < -0.3 is 5.11 Å². The zero-order valence-electron chi connectivity index (χ0n) is 19.8. The maximum atomic E-state index is 13.6. The Hall–Kier alpha value is -3.86. The molecule has 0 saturated heterocycles. The second-order valence-corrected chi connectivity index (χ2v) is 9.42. The van der Waals surface area contributed by atoms with Crippen LogP contribution >= 0.6 is 0 Å². The Morgan fingerprint density at radius 3 is 2.20 bits per heavy atom. The first-order chi connectivity index (χ1) is 17.1. The Morgan fingerprint density at radius 1 is 0.829 bits per heavy atom. The number of benzene rings is 3. The molecule has 1 heterocycles. The Morgan fingerprint density at radius 2 is 1.51 bits per heavy atom. The van der Waals surface area contributed by atoms with Crippen LogP contribution in [0.2, 0.25) is 0 Å². The fourth-order valence-corrected chi connectivity index (χ4v) is 5.25. The molecule has 0 unspecified atom stereocenters. The lowest BCUT2D eigenvalue weighted by molar-refractivity contribution is 0.0697. The van der Waals surface area contributed by atoms with Gasteiger partial charge in [0.05, 0.1) is 18.7 Å². The number of carboxylic acids is 1. The van der Waals surface area contributed by atoms with E-state index in [1.807, 2.05) is 83.6 Å². The number of carboxylic acid groups (broad SMARTS) is 1. The maximum absolute atomic E-state index is 13.6. The summed E-state index contributed by atoms with van der Waals surface area (Å²) in [6.45, 7) is 0.890. The van der Waals surface area contributed by atoms with Gasteiger partial charge in [-0.05, 0) is 41.2 Å². The van der Waals surface area contributed by atoms with Gasteiger partial charge in [-0.1, -0.05) is 92.1 Å². The molecule has 5 nitrogen and oxygen atoms in total. The summed E-state index contributed by atoms with van der Waals surface area (Å²) in [5.74, 6) is -0.608. The average molecular weight is 467 g/mol. The van der Waals surface area contributed by atoms with Crippen LogP contribution in [0.15, 0.2) is 89.9 Å². The minimum absolute atomic E-state index is 0.0431. The van der Waals surface area contributed by atoms with Crippen LogP contribution in [0.3, 0.4) is 0 Å². The smallest absolute Gasteiger partial charge is 0.336 e. The van der Waals surface area contributed by atoms with Crippen molar-refractivity contribution in [2.45, 2.75) is 51.1 Å². The number of hydrogen-bond acceptors (Lipinski definition) is 2. The minimum Gasteiger partial charge on any atom is -0.478 e.